The number of ether oxygens (including phenoxy) is 3. The second-order valence-corrected chi connectivity index (χ2v) is 20.8. The van der Waals surface area contributed by atoms with Crippen LogP contribution in [0.5, 0.6) is 0 Å². The van der Waals surface area contributed by atoms with Gasteiger partial charge in [-0.1, -0.05) is 51.5 Å². The number of nitrogens with one attached hydrogen (secondary N) is 5. The number of ketones is 1. The number of hydrogen-bond donors (Lipinski definition) is 6. The lowest BCUT2D eigenvalue weighted by Crippen LogP contribution is -2.54. The molecule has 4 heterocycles. The fourth-order valence-corrected chi connectivity index (χ4v) is 10.6. The number of rotatable bonds is 24. The van der Waals surface area contributed by atoms with Gasteiger partial charge in [0.05, 0.1) is 23.4 Å². The Morgan fingerprint density at radius 1 is 0.863 bits per heavy atom. The number of fused-ring (bicyclic) bond motifs is 5. The SMILES string of the molecule is CC[C@@]1(OC(C)=O)C(=O)CCc2c1cc1n(c2=S)Cc2c-1nc1cc(F)c(C)cc1c2CNC(=O)COC(=O)OCc1ccc(NC(=O)[C@H](CCCNC(N)=O)NC(=O)[C@@H](NC(=O)CCCCCN2C(=O)CCC2=O)C(C)C)cc1. The smallest absolute Gasteiger partial charge is 0.446 e. The van der Waals surface area contributed by atoms with E-state index in [2.05, 4.69) is 26.6 Å². The summed E-state index contributed by atoms with van der Waals surface area (Å²) in [6.45, 7) is 7.72. The molecule has 0 bridgehead atoms. The summed E-state index contributed by atoms with van der Waals surface area (Å²) in [6, 6.07) is 8.09. The number of imide groups is 1. The average molecular weight is 1120 g/mol. The molecule has 4 aromatic rings. The third kappa shape index (κ3) is 14.0. The molecule has 22 nitrogen and oxygen atoms in total. The highest BCUT2D eigenvalue weighted by molar-refractivity contribution is 7.71. The molecule has 2 aliphatic heterocycles. The lowest BCUT2D eigenvalue weighted by atomic mass is 9.76. The van der Waals surface area contributed by atoms with Crippen molar-refractivity contribution in [3.63, 3.8) is 0 Å². The van der Waals surface area contributed by atoms with Gasteiger partial charge in [-0.05, 0) is 97.9 Å². The third-order valence-corrected chi connectivity index (χ3v) is 14.9. The van der Waals surface area contributed by atoms with Gasteiger partial charge in [-0.15, -0.1) is 0 Å². The Morgan fingerprint density at radius 2 is 1.59 bits per heavy atom. The Labute approximate surface area is 465 Å². The van der Waals surface area contributed by atoms with Crippen molar-refractivity contribution in [3.8, 4) is 11.4 Å². The summed E-state index contributed by atoms with van der Waals surface area (Å²) >= 11 is 6.01. The van der Waals surface area contributed by atoms with Crippen LogP contribution in [0.15, 0.2) is 42.5 Å². The van der Waals surface area contributed by atoms with Crippen molar-refractivity contribution in [2.24, 2.45) is 11.7 Å². The number of nitrogens with two attached hydrogens (primary N) is 1. The number of aromatic nitrogens is 2. The van der Waals surface area contributed by atoms with Crippen molar-refractivity contribution in [1.82, 2.24) is 35.7 Å². The topological polar surface area (TPSA) is 306 Å². The summed E-state index contributed by atoms with van der Waals surface area (Å²) in [5.41, 5.74) is 8.64. The van der Waals surface area contributed by atoms with Crippen molar-refractivity contribution in [3.05, 3.63) is 86.3 Å². The summed E-state index contributed by atoms with van der Waals surface area (Å²) < 4.78 is 33.5. The standard InChI is InChI=1S/C56H66FN9O13S/c1-6-56(79-32(5)67)39-24-43-50-38(27-66(43)53(80)35(39)17-18-44(56)68)37(36-23-31(4)40(57)25-42(36)62-50)26-60-46(70)29-78-55(76)77-28-33-13-15-34(16-14-33)61-51(73)41(11-10-21-59-54(58)75)63-52(74)49(30(2)3)64-45(69)12-8-7-9-22-65-47(71)19-20-48(65)72/h13-16,23-25,30,41,49H,6-12,17-22,26-29H2,1-5H3,(H,60,70)(H,61,73)(H,63,74)(H,64,69)(H3,58,59,75)/t41-,49-,56-/m0/s1. The first-order chi connectivity index (χ1) is 38.1. The quantitative estimate of drug-likeness (QED) is 0.0189. The van der Waals surface area contributed by atoms with E-state index in [-0.39, 0.29) is 101 Å². The van der Waals surface area contributed by atoms with Crippen LogP contribution >= 0.6 is 12.2 Å². The van der Waals surface area contributed by atoms with E-state index in [4.69, 9.17) is 37.1 Å². The van der Waals surface area contributed by atoms with Crippen LogP contribution in [0.4, 0.5) is 19.7 Å². The number of nitrogens with zero attached hydrogens (tertiary/aromatic N) is 3. The van der Waals surface area contributed by atoms with Gasteiger partial charge < -0.3 is 51.1 Å². The van der Waals surface area contributed by atoms with Crippen LogP contribution in [-0.4, -0.2) is 106 Å². The molecule has 426 valence electrons. The van der Waals surface area contributed by atoms with Crippen LogP contribution in [0.1, 0.15) is 125 Å². The zero-order chi connectivity index (χ0) is 58.0. The Bertz CT molecular complexity index is 3190. The zero-order valence-electron chi connectivity index (χ0n) is 45.3. The number of Topliss-reactive ketones (excluding diaryl/α,β-unsaturated/α-hetero) is 1. The summed E-state index contributed by atoms with van der Waals surface area (Å²) in [4.78, 5) is 133. The highest BCUT2D eigenvalue weighted by Gasteiger charge is 2.47. The third-order valence-electron chi connectivity index (χ3n) is 14.4. The van der Waals surface area contributed by atoms with Gasteiger partial charge in [0.2, 0.25) is 29.5 Å². The van der Waals surface area contributed by atoms with Crippen molar-refractivity contribution < 1.29 is 66.5 Å². The van der Waals surface area contributed by atoms with E-state index in [1.54, 1.807) is 64.1 Å². The van der Waals surface area contributed by atoms with Crippen LogP contribution in [-0.2, 0) is 84.3 Å². The van der Waals surface area contributed by atoms with Gasteiger partial charge in [-0.3, -0.25) is 43.3 Å². The molecule has 80 heavy (non-hydrogen) atoms. The first-order valence-electron chi connectivity index (χ1n) is 26.6. The molecule has 1 aliphatic carbocycles. The minimum absolute atomic E-state index is 0.0760. The summed E-state index contributed by atoms with van der Waals surface area (Å²) in [5, 5.41) is 14.0. The lowest BCUT2D eigenvalue weighted by Gasteiger charge is -2.36. The highest BCUT2D eigenvalue weighted by Crippen LogP contribution is 2.45. The van der Waals surface area contributed by atoms with Crippen LogP contribution in [0.2, 0.25) is 0 Å². The number of esters is 1. The molecule has 24 heteroatoms. The maximum Gasteiger partial charge on any atom is 0.509 e. The molecule has 0 unspecified atom stereocenters. The fourth-order valence-electron chi connectivity index (χ4n) is 10.2. The van der Waals surface area contributed by atoms with Gasteiger partial charge in [-0.2, -0.15) is 0 Å². The Hall–Kier alpha value is -8.15. The number of anilines is 1. The number of pyridine rings is 2. The summed E-state index contributed by atoms with van der Waals surface area (Å²) in [5.74, 6) is -4.34. The van der Waals surface area contributed by atoms with E-state index >= 15 is 4.39 Å². The van der Waals surface area contributed by atoms with Crippen LogP contribution in [0.3, 0.4) is 0 Å². The van der Waals surface area contributed by atoms with Crippen molar-refractivity contribution >= 4 is 88.2 Å². The zero-order valence-corrected chi connectivity index (χ0v) is 46.1. The Balaban J connectivity index is 0.923. The minimum Gasteiger partial charge on any atom is -0.446 e. The molecular formula is C56H66FN9O13S. The number of likely N-dealkylation sites (tertiary alicyclic amines) is 1. The maximum atomic E-state index is 15.1. The lowest BCUT2D eigenvalue weighted by molar-refractivity contribution is -0.168. The van der Waals surface area contributed by atoms with Crippen LogP contribution < -0.4 is 32.3 Å². The maximum absolute atomic E-state index is 15.1. The number of carbonyl (C=O) groups is 10. The highest BCUT2D eigenvalue weighted by atomic mass is 32.1. The molecule has 1 saturated heterocycles. The molecule has 2 aromatic carbocycles. The second kappa shape index (κ2) is 26.2. The molecule has 0 spiro atoms. The van der Waals surface area contributed by atoms with E-state index < -0.39 is 66.0 Å². The van der Waals surface area contributed by atoms with E-state index in [9.17, 15) is 47.9 Å². The van der Waals surface area contributed by atoms with Crippen molar-refractivity contribution in [1.29, 1.82) is 0 Å². The summed E-state index contributed by atoms with van der Waals surface area (Å²) in [6.07, 6.45) is 2.00. The Kier molecular flexibility index (Phi) is 19.5. The number of halogens is 1. The van der Waals surface area contributed by atoms with Gasteiger partial charge in [0.1, 0.15) is 29.1 Å². The van der Waals surface area contributed by atoms with Gasteiger partial charge in [-0.25, -0.2) is 19.0 Å². The number of hydrogen-bond acceptors (Lipinski definition) is 15. The molecule has 2 aromatic heterocycles. The number of benzene rings is 2. The number of amides is 8. The fraction of sp³-hybridized carbons (Fsp3) is 0.464. The molecule has 8 amide bonds. The Morgan fingerprint density at radius 3 is 2.26 bits per heavy atom. The van der Waals surface area contributed by atoms with E-state index in [0.717, 1.165) is 0 Å². The number of carbonyl (C=O) groups excluding carboxylic acids is 10. The molecule has 7 rings (SSSR count). The molecule has 0 saturated carbocycles. The normalized spacial score (nSPS) is 16.0. The monoisotopic (exact) mass is 1120 g/mol. The molecule has 3 atom stereocenters. The largest absolute Gasteiger partial charge is 0.509 e. The number of unbranched alkanes of at least 4 members (excludes halogenated alkanes) is 2. The molecular weight excluding hydrogens is 1060 g/mol. The van der Waals surface area contributed by atoms with E-state index in [0.29, 0.717) is 98.2 Å². The van der Waals surface area contributed by atoms with E-state index in [1.807, 2.05) is 4.57 Å². The van der Waals surface area contributed by atoms with Gasteiger partial charge in [0.25, 0.3) is 5.91 Å². The van der Waals surface area contributed by atoms with Crippen LogP contribution in [0.25, 0.3) is 22.3 Å². The number of urea groups is 1. The van der Waals surface area contributed by atoms with Crippen molar-refractivity contribution in [2.45, 2.75) is 143 Å². The molecule has 0 radical (unpaired) electrons. The minimum atomic E-state index is -1.53. The predicted molar refractivity (Wildman–Crippen MR) is 290 cm³/mol. The van der Waals surface area contributed by atoms with E-state index in [1.165, 1.54) is 17.9 Å². The second-order valence-electron chi connectivity index (χ2n) is 20.4. The van der Waals surface area contributed by atoms with Gasteiger partial charge in [0.15, 0.2) is 18.0 Å². The number of primary amides is 1. The first kappa shape index (κ1) is 59.5. The van der Waals surface area contributed by atoms with Crippen molar-refractivity contribution in [2.75, 3.05) is 25.0 Å². The predicted octanol–water partition coefficient (Wildman–Crippen LogP) is 5.62. The van der Waals surface area contributed by atoms with Gasteiger partial charge >= 0.3 is 18.2 Å². The van der Waals surface area contributed by atoms with Gasteiger partial charge in [0, 0.05) is 80.5 Å². The molecule has 7 N–H and O–H groups in total. The van der Waals surface area contributed by atoms with Crippen LogP contribution in [0, 0.1) is 23.3 Å². The number of aryl methyl sites for hydroxylation is 1. The first-order valence-corrected chi connectivity index (χ1v) is 27.1. The average Bonchev–Trinajstić information content (AvgIpc) is 3.96. The molecule has 3 aliphatic rings. The summed E-state index contributed by atoms with van der Waals surface area (Å²) in [7, 11) is 0. The molecule has 1 fully saturated rings.